The van der Waals surface area contributed by atoms with Gasteiger partial charge in [0.2, 0.25) is 5.91 Å². The SMILES string of the molecule is CN(Cc1cn(-c2ccccc2)nc1-c1cccs1)C(=O)c1ccc2c(c1)NC(=O)CS2. The van der Waals surface area contributed by atoms with Crippen molar-refractivity contribution in [3.8, 4) is 16.3 Å². The van der Waals surface area contributed by atoms with Crippen molar-refractivity contribution in [2.24, 2.45) is 0 Å². The normalized spacial score (nSPS) is 12.8. The molecule has 0 bridgehead atoms. The number of aromatic nitrogens is 2. The van der Waals surface area contributed by atoms with Crippen molar-refractivity contribution < 1.29 is 9.59 Å². The second-order valence-corrected chi connectivity index (χ2v) is 9.43. The first-order valence-corrected chi connectivity index (χ1v) is 11.9. The minimum Gasteiger partial charge on any atom is -0.337 e. The Bertz CT molecular complexity index is 1280. The Morgan fingerprint density at radius 2 is 2.00 bits per heavy atom. The Balaban J connectivity index is 1.43. The molecule has 3 heterocycles. The van der Waals surface area contributed by atoms with Crippen molar-refractivity contribution in [1.29, 1.82) is 0 Å². The number of anilines is 1. The Morgan fingerprint density at radius 3 is 2.78 bits per heavy atom. The Labute approximate surface area is 193 Å². The molecule has 0 aliphatic carbocycles. The Morgan fingerprint density at radius 1 is 1.16 bits per heavy atom. The van der Waals surface area contributed by atoms with Crippen molar-refractivity contribution in [3.63, 3.8) is 0 Å². The fourth-order valence-electron chi connectivity index (χ4n) is 3.62. The fourth-order valence-corrected chi connectivity index (χ4v) is 5.16. The lowest BCUT2D eigenvalue weighted by molar-refractivity contribution is -0.113. The first-order chi connectivity index (χ1) is 15.6. The largest absolute Gasteiger partial charge is 0.337 e. The van der Waals surface area contributed by atoms with E-state index in [0.29, 0.717) is 23.5 Å². The maximum atomic E-state index is 13.2. The summed E-state index contributed by atoms with van der Waals surface area (Å²) in [6, 6.07) is 19.4. The first kappa shape index (κ1) is 20.5. The van der Waals surface area contributed by atoms with Crippen LogP contribution in [0.25, 0.3) is 16.3 Å². The molecular weight excluding hydrogens is 440 g/mol. The van der Waals surface area contributed by atoms with Crippen molar-refractivity contribution in [2.45, 2.75) is 11.4 Å². The Hall–Kier alpha value is -3.36. The summed E-state index contributed by atoms with van der Waals surface area (Å²) in [5.41, 5.74) is 4.05. The molecule has 6 nitrogen and oxygen atoms in total. The molecular formula is C24H20N4O2S2. The van der Waals surface area contributed by atoms with Gasteiger partial charge in [-0.2, -0.15) is 5.10 Å². The van der Waals surface area contributed by atoms with Crippen LogP contribution in [0.2, 0.25) is 0 Å². The monoisotopic (exact) mass is 460 g/mol. The van der Waals surface area contributed by atoms with Crippen LogP contribution in [0.4, 0.5) is 5.69 Å². The second-order valence-electron chi connectivity index (χ2n) is 7.47. The number of thiophene rings is 1. The number of carbonyl (C=O) groups is 2. The number of hydrogen-bond donors (Lipinski definition) is 1. The molecule has 0 unspecified atom stereocenters. The lowest BCUT2D eigenvalue weighted by atomic mass is 10.1. The van der Waals surface area contributed by atoms with Gasteiger partial charge < -0.3 is 10.2 Å². The predicted octanol–water partition coefficient (Wildman–Crippen LogP) is 4.92. The van der Waals surface area contributed by atoms with Gasteiger partial charge in [0.25, 0.3) is 5.91 Å². The molecule has 2 aromatic carbocycles. The van der Waals surface area contributed by atoms with Crippen LogP contribution in [-0.2, 0) is 11.3 Å². The third-order valence-corrected chi connectivity index (χ3v) is 7.13. The van der Waals surface area contributed by atoms with Gasteiger partial charge >= 0.3 is 0 Å². The van der Waals surface area contributed by atoms with E-state index in [1.165, 1.54) is 11.8 Å². The molecule has 32 heavy (non-hydrogen) atoms. The molecule has 0 radical (unpaired) electrons. The summed E-state index contributed by atoms with van der Waals surface area (Å²) < 4.78 is 1.86. The molecule has 2 aromatic heterocycles. The zero-order valence-electron chi connectivity index (χ0n) is 17.3. The van der Waals surface area contributed by atoms with E-state index in [1.54, 1.807) is 29.4 Å². The van der Waals surface area contributed by atoms with Gasteiger partial charge in [-0.25, -0.2) is 4.68 Å². The van der Waals surface area contributed by atoms with Crippen LogP contribution >= 0.6 is 23.1 Å². The molecule has 2 amide bonds. The molecule has 0 fully saturated rings. The molecule has 4 aromatic rings. The number of amides is 2. The van der Waals surface area contributed by atoms with Crippen molar-refractivity contribution >= 4 is 40.6 Å². The van der Waals surface area contributed by atoms with E-state index in [9.17, 15) is 9.59 Å². The number of thioether (sulfide) groups is 1. The number of rotatable bonds is 5. The minimum atomic E-state index is -0.109. The second kappa shape index (κ2) is 8.64. The van der Waals surface area contributed by atoms with Crippen LogP contribution in [-0.4, -0.2) is 39.3 Å². The summed E-state index contributed by atoms with van der Waals surface area (Å²) in [6.07, 6.45) is 1.98. The van der Waals surface area contributed by atoms with E-state index in [1.807, 2.05) is 70.9 Å². The van der Waals surface area contributed by atoms with E-state index < -0.39 is 0 Å². The summed E-state index contributed by atoms with van der Waals surface area (Å²) in [7, 11) is 1.78. The highest BCUT2D eigenvalue weighted by atomic mass is 32.2. The molecule has 160 valence electrons. The third-order valence-electron chi connectivity index (χ3n) is 5.18. The van der Waals surface area contributed by atoms with Gasteiger partial charge in [-0.05, 0) is 41.8 Å². The number of para-hydroxylation sites is 1. The quantitative estimate of drug-likeness (QED) is 0.459. The van der Waals surface area contributed by atoms with E-state index >= 15 is 0 Å². The van der Waals surface area contributed by atoms with Crippen LogP contribution in [0.3, 0.4) is 0 Å². The van der Waals surface area contributed by atoms with E-state index in [0.717, 1.165) is 26.7 Å². The molecule has 0 saturated carbocycles. The van der Waals surface area contributed by atoms with Crippen molar-refractivity contribution in [2.75, 3.05) is 18.1 Å². The van der Waals surface area contributed by atoms with Crippen molar-refractivity contribution in [3.05, 3.63) is 83.4 Å². The van der Waals surface area contributed by atoms with Crippen molar-refractivity contribution in [1.82, 2.24) is 14.7 Å². The topological polar surface area (TPSA) is 67.2 Å². The average molecular weight is 461 g/mol. The molecule has 1 aliphatic heterocycles. The number of carbonyl (C=O) groups excluding carboxylic acids is 2. The maximum absolute atomic E-state index is 13.2. The average Bonchev–Trinajstić information content (AvgIpc) is 3.48. The van der Waals surface area contributed by atoms with Gasteiger partial charge in [0.05, 0.1) is 22.0 Å². The fraction of sp³-hybridized carbons (Fsp3) is 0.125. The standard InChI is InChI=1S/C24H20N4O2S2/c1-27(24(30)16-9-10-20-19(12-16)25-22(29)15-32-20)13-17-14-28(18-6-3-2-4-7-18)26-23(17)21-8-5-11-31-21/h2-12,14H,13,15H2,1H3,(H,25,29). The maximum Gasteiger partial charge on any atom is 0.253 e. The predicted molar refractivity (Wildman–Crippen MR) is 128 cm³/mol. The minimum absolute atomic E-state index is 0.0469. The third kappa shape index (κ3) is 4.06. The molecule has 1 N–H and O–H groups in total. The van der Waals surface area contributed by atoms with Gasteiger partial charge in [0, 0.05) is 35.8 Å². The number of nitrogens with one attached hydrogen (secondary N) is 1. The zero-order valence-corrected chi connectivity index (χ0v) is 19.0. The van der Waals surface area contributed by atoms with Crippen LogP contribution in [0.1, 0.15) is 15.9 Å². The zero-order chi connectivity index (χ0) is 22.1. The van der Waals surface area contributed by atoms with Gasteiger partial charge in [-0.1, -0.05) is 24.3 Å². The molecule has 1 aliphatic rings. The summed E-state index contributed by atoms with van der Waals surface area (Å²) in [5, 5.41) is 9.69. The highest BCUT2D eigenvalue weighted by Crippen LogP contribution is 2.33. The lowest BCUT2D eigenvalue weighted by Gasteiger charge is -2.20. The summed E-state index contributed by atoms with van der Waals surface area (Å²) in [4.78, 5) is 28.6. The first-order valence-electron chi connectivity index (χ1n) is 10.1. The number of hydrogen-bond acceptors (Lipinski definition) is 5. The van der Waals surface area contributed by atoms with Crippen LogP contribution in [0, 0.1) is 0 Å². The van der Waals surface area contributed by atoms with Crippen LogP contribution in [0.15, 0.2) is 77.1 Å². The smallest absolute Gasteiger partial charge is 0.253 e. The summed E-state index contributed by atoms with van der Waals surface area (Å²) >= 11 is 3.11. The lowest BCUT2D eigenvalue weighted by Crippen LogP contribution is -2.27. The van der Waals surface area contributed by atoms with Gasteiger partial charge in [0.15, 0.2) is 0 Å². The number of fused-ring (bicyclic) bond motifs is 1. The highest BCUT2D eigenvalue weighted by Gasteiger charge is 2.21. The molecule has 0 spiro atoms. The van der Waals surface area contributed by atoms with Gasteiger partial charge in [-0.3, -0.25) is 9.59 Å². The molecule has 8 heteroatoms. The highest BCUT2D eigenvalue weighted by molar-refractivity contribution is 8.00. The number of benzene rings is 2. The molecule has 0 atom stereocenters. The summed E-state index contributed by atoms with van der Waals surface area (Å²) in [6.45, 7) is 0.414. The van der Waals surface area contributed by atoms with E-state index in [-0.39, 0.29) is 11.8 Å². The molecule has 0 saturated heterocycles. The molecule has 5 rings (SSSR count). The van der Waals surface area contributed by atoms with E-state index in [2.05, 4.69) is 5.32 Å². The Kier molecular flexibility index (Phi) is 5.55. The van der Waals surface area contributed by atoms with Gasteiger partial charge in [-0.15, -0.1) is 23.1 Å². The van der Waals surface area contributed by atoms with Crippen LogP contribution in [0.5, 0.6) is 0 Å². The van der Waals surface area contributed by atoms with Gasteiger partial charge in [0.1, 0.15) is 5.69 Å². The van der Waals surface area contributed by atoms with Crippen LogP contribution < -0.4 is 5.32 Å². The summed E-state index contributed by atoms with van der Waals surface area (Å²) in [5.74, 6) is 0.244. The van der Waals surface area contributed by atoms with E-state index in [4.69, 9.17) is 5.10 Å². The number of nitrogens with zero attached hydrogens (tertiary/aromatic N) is 3.